The van der Waals surface area contributed by atoms with E-state index in [1.807, 2.05) is 0 Å². The second-order valence-electron chi connectivity index (χ2n) is 6.64. The molecule has 3 heteroatoms. The fourth-order valence-electron chi connectivity index (χ4n) is 2.59. The zero-order chi connectivity index (χ0) is 14.5. The van der Waals surface area contributed by atoms with Crippen molar-refractivity contribution in [2.24, 2.45) is 0 Å². The lowest BCUT2D eigenvalue weighted by atomic mass is 9.78. The van der Waals surface area contributed by atoms with E-state index >= 15 is 0 Å². The molecule has 1 aliphatic rings. The third-order valence-corrected chi connectivity index (χ3v) is 4.65. The fourth-order valence-corrected chi connectivity index (χ4v) is 2.59. The first-order chi connectivity index (χ1) is 9.30. The van der Waals surface area contributed by atoms with Gasteiger partial charge in [0.1, 0.15) is 0 Å². The van der Waals surface area contributed by atoms with Crippen molar-refractivity contribution in [2.45, 2.75) is 45.8 Å². The summed E-state index contributed by atoms with van der Waals surface area (Å²) in [5.74, 6) is 0. The largest absolute Gasteiger partial charge is 0.494 e. The minimum absolute atomic E-state index is 0.287. The van der Waals surface area contributed by atoms with Crippen LogP contribution in [0.3, 0.4) is 0 Å². The highest BCUT2D eigenvalue weighted by molar-refractivity contribution is 6.62. The zero-order valence-corrected chi connectivity index (χ0v) is 12.9. The highest BCUT2D eigenvalue weighted by atomic mass is 16.7. The van der Waals surface area contributed by atoms with Gasteiger partial charge in [0, 0.05) is 0 Å². The summed E-state index contributed by atoms with van der Waals surface area (Å²) in [5, 5.41) is 2.52. The predicted octanol–water partition coefficient (Wildman–Crippen LogP) is 3.45. The van der Waals surface area contributed by atoms with Crippen molar-refractivity contribution in [1.82, 2.24) is 0 Å². The molecule has 2 aromatic rings. The van der Waals surface area contributed by atoms with Crippen molar-refractivity contribution in [1.29, 1.82) is 0 Å². The van der Waals surface area contributed by atoms with Crippen molar-refractivity contribution < 1.29 is 9.31 Å². The summed E-state index contributed by atoms with van der Waals surface area (Å²) in [7, 11) is -0.287. The lowest BCUT2D eigenvalue weighted by Crippen LogP contribution is -2.41. The average molecular weight is 268 g/mol. The van der Waals surface area contributed by atoms with Crippen LogP contribution in [0.25, 0.3) is 10.8 Å². The van der Waals surface area contributed by atoms with E-state index < -0.39 is 0 Å². The van der Waals surface area contributed by atoms with Crippen molar-refractivity contribution >= 4 is 23.4 Å². The second-order valence-corrected chi connectivity index (χ2v) is 6.64. The van der Waals surface area contributed by atoms with Crippen LogP contribution in [0.4, 0.5) is 0 Å². The van der Waals surface area contributed by atoms with Crippen LogP contribution in [0, 0.1) is 6.92 Å². The predicted molar refractivity (Wildman–Crippen MR) is 84.4 cm³/mol. The first-order valence-electron chi connectivity index (χ1n) is 7.15. The van der Waals surface area contributed by atoms with E-state index in [1.165, 1.54) is 16.3 Å². The van der Waals surface area contributed by atoms with Gasteiger partial charge in [0.15, 0.2) is 0 Å². The summed E-state index contributed by atoms with van der Waals surface area (Å²) in [6.45, 7) is 10.5. The molecule has 0 aromatic heterocycles. The van der Waals surface area contributed by atoms with Crippen molar-refractivity contribution in [2.75, 3.05) is 0 Å². The maximum atomic E-state index is 6.11. The van der Waals surface area contributed by atoms with Crippen LogP contribution in [0.2, 0.25) is 0 Å². The van der Waals surface area contributed by atoms with Crippen LogP contribution in [-0.2, 0) is 9.31 Å². The van der Waals surface area contributed by atoms with Gasteiger partial charge in [-0.3, -0.25) is 0 Å². The Labute approximate surface area is 121 Å². The van der Waals surface area contributed by atoms with Gasteiger partial charge in [-0.15, -0.1) is 0 Å². The molecule has 0 radical (unpaired) electrons. The lowest BCUT2D eigenvalue weighted by molar-refractivity contribution is 0.00578. The lowest BCUT2D eigenvalue weighted by Gasteiger charge is -2.32. The van der Waals surface area contributed by atoms with E-state index in [1.54, 1.807) is 0 Å². The normalized spacial score (nSPS) is 20.6. The van der Waals surface area contributed by atoms with Gasteiger partial charge in [-0.2, -0.15) is 0 Å². The molecule has 0 bridgehead atoms. The van der Waals surface area contributed by atoms with Crippen LogP contribution in [0.15, 0.2) is 36.4 Å². The van der Waals surface area contributed by atoms with Crippen molar-refractivity contribution in [3.8, 4) is 0 Å². The Morgan fingerprint density at radius 1 is 0.900 bits per heavy atom. The van der Waals surface area contributed by atoms with Crippen LogP contribution in [0.1, 0.15) is 33.3 Å². The quantitative estimate of drug-likeness (QED) is 0.737. The smallest absolute Gasteiger partial charge is 0.399 e. The van der Waals surface area contributed by atoms with E-state index in [2.05, 4.69) is 71.0 Å². The Balaban J connectivity index is 2.00. The minimum atomic E-state index is -0.292. The molecule has 1 saturated heterocycles. The Kier molecular flexibility index (Phi) is 2.96. The van der Waals surface area contributed by atoms with Gasteiger partial charge in [-0.05, 0) is 56.4 Å². The topological polar surface area (TPSA) is 18.5 Å². The van der Waals surface area contributed by atoms with Crippen LogP contribution in [0.5, 0.6) is 0 Å². The molecule has 1 heterocycles. The summed E-state index contributed by atoms with van der Waals surface area (Å²) in [4.78, 5) is 0. The summed E-state index contributed by atoms with van der Waals surface area (Å²) >= 11 is 0. The number of aryl methyl sites for hydroxylation is 1. The number of hydrogen-bond acceptors (Lipinski definition) is 2. The fraction of sp³-hybridized carbons (Fsp3) is 0.412. The number of benzene rings is 2. The van der Waals surface area contributed by atoms with Crippen LogP contribution in [-0.4, -0.2) is 18.3 Å². The molecule has 1 fully saturated rings. The Morgan fingerprint density at radius 3 is 2.20 bits per heavy atom. The standard InChI is InChI=1S/C17H21BO2/c1-12-7-6-8-13-11-14(9-10-15(12)13)18-19-16(2,3)17(4,5)20-18/h6-11H,1-5H3. The molecular weight excluding hydrogens is 247 g/mol. The first-order valence-corrected chi connectivity index (χ1v) is 7.15. The van der Waals surface area contributed by atoms with Gasteiger partial charge in [0.2, 0.25) is 0 Å². The molecule has 0 atom stereocenters. The summed E-state index contributed by atoms with van der Waals surface area (Å²) in [5.41, 5.74) is 1.79. The molecule has 0 spiro atoms. The molecular formula is C17H21BO2. The Morgan fingerprint density at radius 2 is 1.55 bits per heavy atom. The van der Waals surface area contributed by atoms with Gasteiger partial charge < -0.3 is 9.31 Å². The van der Waals surface area contributed by atoms with E-state index in [9.17, 15) is 0 Å². The van der Waals surface area contributed by atoms with E-state index in [0.717, 1.165) is 5.46 Å². The number of rotatable bonds is 1. The third-order valence-electron chi connectivity index (χ3n) is 4.65. The molecule has 0 aliphatic carbocycles. The summed E-state index contributed by atoms with van der Waals surface area (Å²) < 4.78 is 12.2. The Hall–Kier alpha value is -1.32. The SMILES string of the molecule is Cc1cccc2cc(B3OC(C)(C)C(C)(C)O3)ccc12. The second kappa shape index (κ2) is 4.34. The molecule has 0 N–H and O–H groups in total. The molecule has 0 unspecified atom stereocenters. The monoisotopic (exact) mass is 268 g/mol. The van der Waals surface area contributed by atoms with Gasteiger partial charge in [0.05, 0.1) is 11.2 Å². The first kappa shape index (κ1) is 13.7. The van der Waals surface area contributed by atoms with Crippen molar-refractivity contribution in [3.05, 3.63) is 42.0 Å². The number of hydrogen-bond donors (Lipinski definition) is 0. The van der Waals surface area contributed by atoms with Gasteiger partial charge in [-0.25, -0.2) is 0 Å². The van der Waals surface area contributed by atoms with E-state index in [0.29, 0.717) is 0 Å². The van der Waals surface area contributed by atoms with E-state index in [4.69, 9.17) is 9.31 Å². The van der Waals surface area contributed by atoms with Crippen LogP contribution < -0.4 is 5.46 Å². The van der Waals surface area contributed by atoms with Gasteiger partial charge in [-0.1, -0.05) is 36.4 Å². The average Bonchev–Trinajstić information content (AvgIpc) is 2.58. The molecule has 3 rings (SSSR count). The minimum Gasteiger partial charge on any atom is -0.399 e. The Bertz CT molecular complexity index is 645. The summed E-state index contributed by atoms with van der Waals surface area (Å²) in [6.07, 6.45) is 0. The molecule has 104 valence electrons. The highest BCUT2D eigenvalue weighted by Gasteiger charge is 2.51. The van der Waals surface area contributed by atoms with Gasteiger partial charge in [0.25, 0.3) is 0 Å². The molecule has 2 nitrogen and oxygen atoms in total. The van der Waals surface area contributed by atoms with Crippen LogP contribution >= 0.6 is 0 Å². The molecule has 0 saturated carbocycles. The van der Waals surface area contributed by atoms with E-state index in [-0.39, 0.29) is 18.3 Å². The maximum absolute atomic E-state index is 6.11. The highest BCUT2D eigenvalue weighted by Crippen LogP contribution is 2.36. The molecule has 1 aliphatic heterocycles. The molecule has 0 amide bonds. The van der Waals surface area contributed by atoms with Crippen molar-refractivity contribution in [3.63, 3.8) is 0 Å². The summed E-state index contributed by atoms with van der Waals surface area (Å²) in [6, 6.07) is 12.8. The third kappa shape index (κ3) is 2.06. The zero-order valence-electron chi connectivity index (χ0n) is 12.9. The molecule has 20 heavy (non-hydrogen) atoms. The molecule has 2 aromatic carbocycles. The van der Waals surface area contributed by atoms with Gasteiger partial charge >= 0.3 is 7.12 Å². The maximum Gasteiger partial charge on any atom is 0.494 e. The number of fused-ring (bicyclic) bond motifs is 1.